The number of imide groups is 1. The summed E-state index contributed by atoms with van der Waals surface area (Å²) < 4.78 is 0. The quantitative estimate of drug-likeness (QED) is 0.141. The molecule has 0 saturated heterocycles. The summed E-state index contributed by atoms with van der Waals surface area (Å²) in [5.74, 6) is 1.25. The fourth-order valence-corrected chi connectivity index (χ4v) is 8.09. The summed E-state index contributed by atoms with van der Waals surface area (Å²) in [6, 6.07) is 16.3. The van der Waals surface area contributed by atoms with Gasteiger partial charge in [0.1, 0.15) is 0 Å². The Balaban J connectivity index is 1.34. The van der Waals surface area contributed by atoms with E-state index in [-0.39, 0.29) is 18.4 Å². The number of hydrogen-bond acceptors (Lipinski definition) is 6. The molecule has 7 heteroatoms. The zero-order chi connectivity index (χ0) is 31.9. The van der Waals surface area contributed by atoms with Crippen LogP contribution < -0.4 is 5.32 Å². The minimum absolute atomic E-state index is 0.211. The fourth-order valence-electron chi connectivity index (χ4n) is 8.09. The highest BCUT2D eigenvalue weighted by atomic mass is 16.3. The molecule has 3 aromatic carbocycles. The van der Waals surface area contributed by atoms with Crippen LogP contribution in [-0.2, 0) is 12.8 Å². The molecule has 2 heterocycles. The first-order chi connectivity index (χ1) is 22.5. The van der Waals surface area contributed by atoms with E-state index in [2.05, 4.69) is 55.5 Å². The lowest BCUT2D eigenvalue weighted by Gasteiger charge is -2.29. The Hall–Kier alpha value is -4.10. The van der Waals surface area contributed by atoms with Gasteiger partial charge in [0, 0.05) is 52.8 Å². The van der Waals surface area contributed by atoms with Gasteiger partial charge in [0.2, 0.25) is 0 Å². The van der Waals surface area contributed by atoms with E-state index in [1.165, 1.54) is 16.0 Å². The van der Waals surface area contributed by atoms with Gasteiger partial charge in [-0.3, -0.25) is 14.5 Å². The predicted molar refractivity (Wildman–Crippen MR) is 183 cm³/mol. The van der Waals surface area contributed by atoms with Gasteiger partial charge in [0.05, 0.1) is 11.4 Å². The number of carbonyl (C=O) groups excluding carboxylic acids is 2. The van der Waals surface area contributed by atoms with Gasteiger partial charge in [-0.2, -0.15) is 5.10 Å². The van der Waals surface area contributed by atoms with E-state index in [0.717, 1.165) is 102 Å². The molecule has 3 aliphatic rings. The molecule has 1 saturated carbocycles. The van der Waals surface area contributed by atoms with Crippen LogP contribution >= 0.6 is 0 Å². The van der Waals surface area contributed by atoms with E-state index < -0.39 is 0 Å². The van der Waals surface area contributed by atoms with Crippen LogP contribution in [0.5, 0.6) is 0 Å². The number of nitrogens with zero attached hydrogens (tertiary/aromatic N) is 3. The molecular weight excluding hydrogens is 572 g/mol. The number of anilines is 1. The number of aryl methyl sites for hydroxylation is 1. The number of nitrogens with one attached hydrogen (secondary N) is 1. The van der Waals surface area contributed by atoms with Crippen molar-refractivity contribution < 1.29 is 14.7 Å². The summed E-state index contributed by atoms with van der Waals surface area (Å²) in [5, 5.41) is 24.6. The number of amides is 2. The van der Waals surface area contributed by atoms with Gasteiger partial charge in [0.25, 0.3) is 11.8 Å². The van der Waals surface area contributed by atoms with Gasteiger partial charge in [0.15, 0.2) is 0 Å². The fraction of sp³-hybridized carbons (Fsp3) is 0.436. The van der Waals surface area contributed by atoms with Crippen molar-refractivity contribution in [1.29, 1.82) is 0 Å². The topological polar surface area (TPSA) is 95.4 Å². The predicted octanol–water partition coefficient (Wildman–Crippen LogP) is 7.61. The molecule has 1 aromatic heterocycles. The zero-order valence-electron chi connectivity index (χ0n) is 27.2. The van der Waals surface area contributed by atoms with Crippen molar-refractivity contribution in [2.45, 2.75) is 72.1 Å². The molecule has 0 radical (unpaired) electrons. The highest BCUT2D eigenvalue weighted by Crippen LogP contribution is 2.53. The molecule has 2 aliphatic carbocycles. The molecular formula is C39H44N4O3. The SMILES string of the molecule is CCCCNc1ccc2c3c(ccc(-c4cccc(-c5nnc(C)c6c5CC[C@H]5[C@@H](CO)[C@H]5CC6)c4)c13)C(=O)N(CCCC)C2=O. The van der Waals surface area contributed by atoms with Crippen LogP contribution in [-0.4, -0.2) is 51.7 Å². The summed E-state index contributed by atoms with van der Waals surface area (Å²) in [7, 11) is 0. The first-order valence-corrected chi connectivity index (χ1v) is 17.2. The molecule has 0 spiro atoms. The van der Waals surface area contributed by atoms with Crippen molar-refractivity contribution >= 4 is 28.3 Å². The number of carbonyl (C=O) groups is 2. The maximum atomic E-state index is 13.7. The number of aliphatic hydroxyl groups excluding tert-OH is 1. The third kappa shape index (κ3) is 5.19. The molecule has 7 rings (SSSR count). The Labute approximate surface area is 271 Å². The van der Waals surface area contributed by atoms with Crippen molar-refractivity contribution in [2.75, 3.05) is 25.0 Å². The molecule has 238 valence electrons. The number of aromatic nitrogens is 2. The minimum atomic E-state index is -0.211. The summed E-state index contributed by atoms with van der Waals surface area (Å²) in [6.45, 7) is 7.83. The molecule has 46 heavy (non-hydrogen) atoms. The molecule has 1 aliphatic heterocycles. The average Bonchev–Trinajstić information content (AvgIpc) is 3.74. The Morgan fingerprint density at radius 3 is 2.22 bits per heavy atom. The van der Waals surface area contributed by atoms with Crippen LogP contribution in [0.3, 0.4) is 0 Å². The van der Waals surface area contributed by atoms with Crippen LogP contribution in [0.4, 0.5) is 5.69 Å². The van der Waals surface area contributed by atoms with Crippen LogP contribution in [0.1, 0.15) is 89.9 Å². The average molecular weight is 617 g/mol. The normalized spacial score (nSPS) is 20.3. The monoisotopic (exact) mass is 616 g/mol. The molecule has 0 unspecified atom stereocenters. The van der Waals surface area contributed by atoms with Gasteiger partial charge in [-0.25, -0.2) is 0 Å². The second-order valence-corrected chi connectivity index (χ2v) is 13.4. The number of fused-ring (bicyclic) bond motifs is 2. The van der Waals surface area contributed by atoms with Gasteiger partial charge in [-0.05, 0) is 110 Å². The van der Waals surface area contributed by atoms with Crippen molar-refractivity contribution in [3.8, 4) is 22.4 Å². The number of benzene rings is 3. The number of hydrogen-bond donors (Lipinski definition) is 2. The number of aliphatic hydroxyl groups is 1. The molecule has 2 N–H and O–H groups in total. The van der Waals surface area contributed by atoms with E-state index in [9.17, 15) is 14.7 Å². The first-order valence-electron chi connectivity index (χ1n) is 17.2. The number of unbranched alkanes of at least 4 members (excludes halogenated alkanes) is 2. The molecule has 2 amide bonds. The summed E-state index contributed by atoms with van der Waals surface area (Å²) in [5.41, 5.74) is 9.67. The van der Waals surface area contributed by atoms with E-state index in [4.69, 9.17) is 5.10 Å². The van der Waals surface area contributed by atoms with Crippen LogP contribution in [0, 0.1) is 24.7 Å². The lowest BCUT2D eigenvalue weighted by atomic mass is 9.86. The van der Waals surface area contributed by atoms with E-state index in [1.54, 1.807) is 0 Å². The Bertz CT molecular complexity index is 1810. The third-order valence-corrected chi connectivity index (χ3v) is 10.7. The van der Waals surface area contributed by atoms with Gasteiger partial charge >= 0.3 is 0 Å². The first kappa shape index (κ1) is 30.5. The highest BCUT2D eigenvalue weighted by molar-refractivity contribution is 6.28. The molecule has 0 bridgehead atoms. The van der Waals surface area contributed by atoms with Crippen LogP contribution in [0.2, 0.25) is 0 Å². The van der Waals surface area contributed by atoms with Gasteiger partial charge in [-0.1, -0.05) is 51.0 Å². The second-order valence-electron chi connectivity index (χ2n) is 13.4. The van der Waals surface area contributed by atoms with E-state index in [0.29, 0.717) is 35.4 Å². The molecule has 7 nitrogen and oxygen atoms in total. The molecule has 3 atom stereocenters. The van der Waals surface area contributed by atoms with E-state index in [1.807, 2.05) is 24.3 Å². The Morgan fingerprint density at radius 1 is 0.826 bits per heavy atom. The maximum absolute atomic E-state index is 13.7. The third-order valence-electron chi connectivity index (χ3n) is 10.7. The lowest BCUT2D eigenvalue weighted by molar-refractivity contribution is 0.0608. The standard InChI is InChI=1S/C39H44N4O3/c1-4-6-19-40-34-18-17-32-35-31(38(45)43(39(32)46)20-7-5-2)16-12-27(36(34)35)24-9-8-10-25(21-24)37-30-15-14-29-28(33(29)22-44)13-11-26(30)23(3)41-42-37/h8-10,12,16-18,21,28-29,33,40,44H,4-7,11,13-15,19-20,22H2,1-3H3/t28-,29+,33-/m0/s1. The highest BCUT2D eigenvalue weighted by Gasteiger charge is 2.49. The number of rotatable bonds is 10. The van der Waals surface area contributed by atoms with Crippen molar-refractivity contribution in [3.05, 3.63) is 76.5 Å². The largest absolute Gasteiger partial charge is 0.396 e. The Kier molecular flexibility index (Phi) is 8.36. The smallest absolute Gasteiger partial charge is 0.261 e. The molecule has 1 fully saturated rings. The van der Waals surface area contributed by atoms with Crippen LogP contribution in [0.25, 0.3) is 33.2 Å². The summed E-state index contributed by atoms with van der Waals surface area (Å²) in [6.07, 6.45) is 7.86. The zero-order valence-corrected chi connectivity index (χ0v) is 27.2. The molecule has 4 aromatic rings. The van der Waals surface area contributed by atoms with Crippen molar-refractivity contribution in [3.63, 3.8) is 0 Å². The summed E-state index contributed by atoms with van der Waals surface area (Å²) in [4.78, 5) is 28.8. The minimum Gasteiger partial charge on any atom is -0.396 e. The lowest BCUT2D eigenvalue weighted by Crippen LogP contribution is -2.40. The summed E-state index contributed by atoms with van der Waals surface area (Å²) >= 11 is 0. The van der Waals surface area contributed by atoms with Gasteiger partial charge in [-0.15, -0.1) is 5.10 Å². The van der Waals surface area contributed by atoms with Gasteiger partial charge < -0.3 is 10.4 Å². The van der Waals surface area contributed by atoms with Crippen LogP contribution in [0.15, 0.2) is 48.5 Å². The second kappa shape index (κ2) is 12.6. The maximum Gasteiger partial charge on any atom is 0.261 e. The van der Waals surface area contributed by atoms with E-state index >= 15 is 0 Å². The Morgan fingerprint density at radius 2 is 1.50 bits per heavy atom. The van der Waals surface area contributed by atoms with Crippen molar-refractivity contribution in [2.24, 2.45) is 17.8 Å². The van der Waals surface area contributed by atoms with Crippen molar-refractivity contribution in [1.82, 2.24) is 15.1 Å².